The lowest BCUT2D eigenvalue weighted by molar-refractivity contribution is 0.511. The molecule has 5 unspecified atom stereocenters. The predicted octanol–water partition coefficient (Wildman–Crippen LogP) is 2.85. The van der Waals surface area contributed by atoms with Crippen molar-refractivity contribution in [2.24, 2.45) is 28.6 Å². The molecule has 0 bridgehead atoms. The monoisotopic (exact) mass is 148 g/mol. The van der Waals surface area contributed by atoms with Crippen molar-refractivity contribution >= 4 is 0 Å². The Hall–Kier alpha value is -0.260. The van der Waals surface area contributed by atoms with Crippen LogP contribution in [0.2, 0.25) is 0 Å². The van der Waals surface area contributed by atoms with E-state index in [4.69, 9.17) is 0 Å². The summed E-state index contributed by atoms with van der Waals surface area (Å²) in [4.78, 5) is 0. The molecular formula is C11H16. The topological polar surface area (TPSA) is 0 Å². The molecule has 0 saturated heterocycles. The van der Waals surface area contributed by atoms with E-state index in [0.717, 1.165) is 23.2 Å². The van der Waals surface area contributed by atoms with E-state index < -0.39 is 0 Å². The van der Waals surface area contributed by atoms with Gasteiger partial charge in [-0.25, -0.2) is 0 Å². The minimum atomic E-state index is 0.551. The highest BCUT2D eigenvalue weighted by molar-refractivity contribution is 5.40. The average Bonchev–Trinajstić information content (AvgIpc) is 2.70. The third kappa shape index (κ3) is 0.352. The highest BCUT2D eigenvalue weighted by Crippen LogP contribution is 2.93. The van der Waals surface area contributed by atoms with Crippen LogP contribution in [0.4, 0.5) is 0 Å². The first-order chi connectivity index (χ1) is 5.19. The lowest BCUT2D eigenvalue weighted by Gasteiger charge is -2.06. The summed E-state index contributed by atoms with van der Waals surface area (Å²) < 4.78 is 0. The number of hydrogen-bond donors (Lipinski definition) is 0. The van der Waals surface area contributed by atoms with Crippen molar-refractivity contribution in [1.82, 2.24) is 0 Å². The van der Waals surface area contributed by atoms with Gasteiger partial charge >= 0.3 is 0 Å². The van der Waals surface area contributed by atoms with E-state index in [9.17, 15) is 0 Å². The highest BCUT2D eigenvalue weighted by Gasteiger charge is 2.89. The quantitative estimate of drug-likeness (QED) is 0.502. The normalized spacial score (nSPS) is 70.2. The summed E-state index contributed by atoms with van der Waals surface area (Å²) in [5, 5.41) is 0. The van der Waals surface area contributed by atoms with E-state index in [0.29, 0.717) is 5.41 Å². The maximum atomic E-state index is 3.98. The average molecular weight is 148 g/mol. The Bertz CT molecular complexity index is 242. The molecular weight excluding hydrogens is 132 g/mol. The Morgan fingerprint density at radius 1 is 1.45 bits per heavy atom. The van der Waals surface area contributed by atoms with Crippen molar-refractivity contribution in [2.45, 2.75) is 26.7 Å². The lowest BCUT2D eigenvalue weighted by Crippen LogP contribution is -1.97. The molecule has 0 aromatic carbocycles. The zero-order valence-corrected chi connectivity index (χ0v) is 7.43. The lowest BCUT2D eigenvalue weighted by atomic mass is 9.99. The van der Waals surface area contributed by atoms with Crippen LogP contribution in [0.25, 0.3) is 0 Å². The molecule has 60 valence electrons. The second-order valence-corrected chi connectivity index (χ2v) is 4.94. The number of hydrogen-bond acceptors (Lipinski definition) is 0. The number of rotatable bonds is 1. The first kappa shape index (κ1) is 6.28. The van der Waals surface area contributed by atoms with Gasteiger partial charge in [-0.3, -0.25) is 0 Å². The van der Waals surface area contributed by atoms with Gasteiger partial charge in [0.2, 0.25) is 0 Å². The van der Waals surface area contributed by atoms with E-state index >= 15 is 0 Å². The maximum absolute atomic E-state index is 3.98. The SMILES string of the molecule is C=CC1(C)C2CCC3C(C)C321. The van der Waals surface area contributed by atoms with Crippen molar-refractivity contribution in [3.63, 3.8) is 0 Å². The smallest absolute Gasteiger partial charge is 0.00504 e. The maximum Gasteiger partial charge on any atom is -0.00504 e. The molecule has 1 spiro atoms. The Kier molecular flexibility index (Phi) is 0.753. The van der Waals surface area contributed by atoms with E-state index in [1.807, 2.05) is 0 Å². The van der Waals surface area contributed by atoms with E-state index in [2.05, 4.69) is 26.5 Å². The first-order valence-corrected chi connectivity index (χ1v) is 4.83. The second kappa shape index (κ2) is 1.32. The van der Waals surface area contributed by atoms with Gasteiger partial charge in [0.05, 0.1) is 0 Å². The zero-order chi connectivity index (χ0) is 7.85. The third-order valence-electron chi connectivity index (χ3n) is 5.20. The molecule has 0 aliphatic heterocycles. The first-order valence-electron chi connectivity index (χ1n) is 4.83. The van der Waals surface area contributed by atoms with E-state index in [1.54, 1.807) is 0 Å². The summed E-state index contributed by atoms with van der Waals surface area (Å²) in [7, 11) is 0. The van der Waals surface area contributed by atoms with Crippen LogP contribution in [0.3, 0.4) is 0 Å². The molecule has 0 nitrogen and oxygen atoms in total. The molecule has 0 aromatic rings. The molecule has 3 rings (SSSR count). The van der Waals surface area contributed by atoms with Crippen molar-refractivity contribution in [2.75, 3.05) is 0 Å². The Labute approximate surface area is 68.7 Å². The van der Waals surface area contributed by atoms with Crippen molar-refractivity contribution in [3.05, 3.63) is 12.7 Å². The van der Waals surface area contributed by atoms with Crippen LogP contribution >= 0.6 is 0 Å². The molecule has 0 N–H and O–H groups in total. The zero-order valence-electron chi connectivity index (χ0n) is 7.43. The van der Waals surface area contributed by atoms with Crippen LogP contribution in [0.5, 0.6) is 0 Å². The van der Waals surface area contributed by atoms with Gasteiger partial charge < -0.3 is 0 Å². The minimum absolute atomic E-state index is 0.551. The van der Waals surface area contributed by atoms with Gasteiger partial charge in [0, 0.05) is 0 Å². The minimum Gasteiger partial charge on any atom is -0.103 e. The van der Waals surface area contributed by atoms with Crippen molar-refractivity contribution < 1.29 is 0 Å². The van der Waals surface area contributed by atoms with Crippen molar-refractivity contribution in [1.29, 1.82) is 0 Å². The van der Waals surface area contributed by atoms with Crippen LogP contribution in [0.15, 0.2) is 12.7 Å². The van der Waals surface area contributed by atoms with Crippen LogP contribution in [0, 0.1) is 28.6 Å². The van der Waals surface area contributed by atoms with Crippen LogP contribution in [-0.2, 0) is 0 Å². The molecule has 11 heavy (non-hydrogen) atoms. The Morgan fingerprint density at radius 2 is 2.18 bits per heavy atom. The molecule has 0 aromatic heterocycles. The molecule has 3 aliphatic rings. The third-order valence-corrected chi connectivity index (χ3v) is 5.20. The number of allylic oxidation sites excluding steroid dienone is 1. The van der Waals surface area contributed by atoms with Gasteiger partial charge in [0.15, 0.2) is 0 Å². The summed E-state index contributed by atoms with van der Waals surface area (Å²) in [5.74, 6) is 3.12. The predicted molar refractivity (Wildman–Crippen MR) is 46.1 cm³/mol. The summed E-state index contributed by atoms with van der Waals surface area (Å²) in [6, 6.07) is 0. The fourth-order valence-electron chi connectivity index (χ4n) is 4.63. The Balaban J connectivity index is 2.04. The summed E-state index contributed by atoms with van der Waals surface area (Å²) in [6.45, 7) is 8.84. The molecule has 0 radical (unpaired) electrons. The van der Waals surface area contributed by atoms with Gasteiger partial charge in [0.25, 0.3) is 0 Å². The summed E-state index contributed by atoms with van der Waals surface area (Å²) >= 11 is 0. The summed E-state index contributed by atoms with van der Waals surface area (Å²) in [5.41, 5.74) is 1.32. The molecule has 0 amide bonds. The molecule has 0 heterocycles. The van der Waals surface area contributed by atoms with Crippen LogP contribution < -0.4 is 0 Å². The van der Waals surface area contributed by atoms with E-state index in [-0.39, 0.29) is 0 Å². The summed E-state index contributed by atoms with van der Waals surface area (Å²) in [6.07, 6.45) is 5.22. The fourth-order valence-corrected chi connectivity index (χ4v) is 4.63. The van der Waals surface area contributed by atoms with Crippen molar-refractivity contribution in [3.8, 4) is 0 Å². The van der Waals surface area contributed by atoms with Gasteiger partial charge in [-0.1, -0.05) is 19.9 Å². The largest absolute Gasteiger partial charge is 0.103 e. The van der Waals surface area contributed by atoms with Gasteiger partial charge in [-0.05, 0) is 41.4 Å². The molecule has 3 saturated carbocycles. The Morgan fingerprint density at radius 3 is 2.55 bits per heavy atom. The van der Waals surface area contributed by atoms with Gasteiger partial charge in [-0.2, -0.15) is 0 Å². The fraction of sp³-hybridized carbons (Fsp3) is 0.818. The van der Waals surface area contributed by atoms with Crippen LogP contribution in [0.1, 0.15) is 26.7 Å². The van der Waals surface area contributed by atoms with Gasteiger partial charge in [0.1, 0.15) is 0 Å². The molecule has 5 atom stereocenters. The second-order valence-electron chi connectivity index (χ2n) is 4.94. The van der Waals surface area contributed by atoms with Gasteiger partial charge in [-0.15, -0.1) is 6.58 Å². The molecule has 0 heteroatoms. The molecule has 3 aliphatic carbocycles. The molecule has 3 fully saturated rings. The highest BCUT2D eigenvalue weighted by atomic mass is 14.9. The standard InChI is InChI=1S/C11H16/c1-4-10(3)9-6-5-8-7(2)11(8,9)10/h4,7-9H,1,5-6H2,2-3H3. The van der Waals surface area contributed by atoms with Crippen LogP contribution in [-0.4, -0.2) is 0 Å². The van der Waals surface area contributed by atoms with E-state index in [1.165, 1.54) is 12.8 Å².